The molecule has 0 aromatic carbocycles. The van der Waals surface area contributed by atoms with Gasteiger partial charge >= 0.3 is 5.97 Å². The summed E-state index contributed by atoms with van der Waals surface area (Å²) in [4.78, 5) is 26.6. The lowest BCUT2D eigenvalue weighted by atomic mass is 10.1. The smallest absolute Gasteiger partial charge is 0.331 e. The number of nitrogens with one attached hydrogen (secondary N) is 1. The summed E-state index contributed by atoms with van der Waals surface area (Å²) in [5, 5.41) is 11.4. The molecule has 96 valence electrons. The van der Waals surface area contributed by atoms with E-state index >= 15 is 0 Å². The van der Waals surface area contributed by atoms with E-state index in [2.05, 4.69) is 26.2 Å². The van der Waals surface area contributed by atoms with E-state index in [4.69, 9.17) is 5.11 Å². The number of carboxylic acid groups (broad SMARTS) is 1. The molecule has 5 nitrogen and oxygen atoms in total. The van der Waals surface area contributed by atoms with Crippen molar-refractivity contribution < 1.29 is 14.7 Å². The lowest BCUT2D eigenvalue weighted by molar-refractivity contribution is -0.133. The zero-order chi connectivity index (χ0) is 13.9. The number of anilines is 1. The van der Waals surface area contributed by atoms with E-state index in [1.54, 1.807) is 6.07 Å². The molecule has 0 fully saturated rings. The molecule has 1 amide bonds. The van der Waals surface area contributed by atoms with Crippen LogP contribution in [0.3, 0.4) is 0 Å². The van der Waals surface area contributed by atoms with E-state index in [0.717, 1.165) is 5.56 Å². The van der Waals surface area contributed by atoms with Crippen molar-refractivity contribution in [3.8, 4) is 0 Å². The van der Waals surface area contributed by atoms with Gasteiger partial charge in [0.05, 0.1) is 11.9 Å². The summed E-state index contributed by atoms with van der Waals surface area (Å²) in [5.74, 6) is -1.55. The fraction of sp³-hybridized carbons (Fsp3) is 0.250. The Morgan fingerprint density at radius 1 is 1.33 bits per heavy atom. The van der Waals surface area contributed by atoms with Gasteiger partial charge < -0.3 is 10.4 Å². The molecule has 18 heavy (non-hydrogen) atoms. The Hall–Kier alpha value is -1.69. The van der Waals surface area contributed by atoms with Crippen LogP contribution in [-0.2, 0) is 9.59 Å². The molecule has 1 aromatic heterocycles. The second-order valence-corrected chi connectivity index (χ2v) is 4.59. The number of carbonyl (C=O) groups is 2. The number of carboxylic acids is 1. The molecule has 0 radical (unpaired) electrons. The molecule has 0 aliphatic carbocycles. The maximum absolute atomic E-state index is 11.8. The fourth-order valence-electron chi connectivity index (χ4n) is 1.18. The van der Waals surface area contributed by atoms with Crippen LogP contribution >= 0.6 is 15.9 Å². The Balaban J connectivity index is 2.92. The lowest BCUT2D eigenvalue weighted by Gasteiger charge is -2.07. The second-order valence-electron chi connectivity index (χ2n) is 3.84. The van der Waals surface area contributed by atoms with E-state index in [9.17, 15) is 9.59 Å². The van der Waals surface area contributed by atoms with Gasteiger partial charge in [-0.2, -0.15) is 0 Å². The summed E-state index contributed by atoms with van der Waals surface area (Å²) in [6.07, 6.45) is 1.50. The molecule has 0 atom stereocenters. The summed E-state index contributed by atoms with van der Waals surface area (Å²) in [5.41, 5.74) is 1.60. The second kappa shape index (κ2) is 5.77. The minimum absolute atomic E-state index is 0.0225. The Bertz CT molecular complexity index is 538. The number of nitrogens with zero attached hydrogens (tertiary/aromatic N) is 1. The van der Waals surface area contributed by atoms with Crippen LogP contribution in [0.15, 0.2) is 28.0 Å². The SMILES string of the molecule is CC(C(=O)O)=C(C)C(=O)Nc1cnc(Br)c(C)c1. The van der Waals surface area contributed by atoms with Gasteiger partial charge in [-0.1, -0.05) is 0 Å². The van der Waals surface area contributed by atoms with Gasteiger partial charge in [0.25, 0.3) is 5.91 Å². The number of aromatic nitrogens is 1. The maximum Gasteiger partial charge on any atom is 0.331 e. The van der Waals surface area contributed by atoms with Crippen molar-refractivity contribution >= 4 is 33.5 Å². The van der Waals surface area contributed by atoms with Crippen molar-refractivity contribution in [1.29, 1.82) is 0 Å². The average molecular weight is 313 g/mol. The first-order chi connectivity index (χ1) is 8.32. The van der Waals surface area contributed by atoms with Gasteiger partial charge in [-0.25, -0.2) is 9.78 Å². The summed E-state index contributed by atoms with van der Waals surface area (Å²) < 4.78 is 0.703. The highest BCUT2D eigenvalue weighted by Crippen LogP contribution is 2.17. The van der Waals surface area contributed by atoms with Crippen LogP contribution in [0.5, 0.6) is 0 Å². The van der Waals surface area contributed by atoms with Crippen LogP contribution in [0.25, 0.3) is 0 Å². The van der Waals surface area contributed by atoms with Gasteiger partial charge in [0.15, 0.2) is 0 Å². The number of aliphatic carboxylic acids is 1. The molecule has 1 aromatic rings. The maximum atomic E-state index is 11.8. The van der Waals surface area contributed by atoms with Crippen LogP contribution in [0.4, 0.5) is 5.69 Å². The minimum Gasteiger partial charge on any atom is -0.478 e. The Labute approximate surface area is 113 Å². The third kappa shape index (κ3) is 3.40. The Morgan fingerprint density at radius 3 is 2.44 bits per heavy atom. The summed E-state index contributed by atoms with van der Waals surface area (Å²) in [6.45, 7) is 4.71. The quantitative estimate of drug-likeness (QED) is 0.664. The van der Waals surface area contributed by atoms with Crippen molar-refractivity contribution in [3.63, 3.8) is 0 Å². The van der Waals surface area contributed by atoms with Gasteiger partial charge in [0.2, 0.25) is 0 Å². The monoisotopic (exact) mass is 312 g/mol. The highest BCUT2D eigenvalue weighted by atomic mass is 79.9. The topological polar surface area (TPSA) is 79.3 Å². The number of hydrogen-bond donors (Lipinski definition) is 2. The molecule has 0 saturated carbocycles. The van der Waals surface area contributed by atoms with Crippen LogP contribution in [0.1, 0.15) is 19.4 Å². The molecule has 0 unspecified atom stereocenters. The molecule has 0 spiro atoms. The van der Waals surface area contributed by atoms with Crippen molar-refractivity contribution in [2.24, 2.45) is 0 Å². The van der Waals surface area contributed by atoms with Crippen molar-refractivity contribution in [1.82, 2.24) is 4.98 Å². The van der Waals surface area contributed by atoms with Gasteiger partial charge in [0.1, 0.15) is 4.60 Å². The highest BCUT2D eigenvalue weighted by molar-refractivity contribution is 9.10. The number of amides is 1. The lowest BCUT2D eigenvalue weighted by Crippen LogP contribution is -2.16. The van der Waals surface area contributed by atoms with E-state index in [-0.39, 0.29) is 11.1 Å². The van der Waals surface area contributed by atoms with E-state index in [1.165, 1.54) is 20.0 Å². The molecular formula is C12H13BrN2O3. The van der Waals surface area contributed by atoms with E-state index in [0.29, 0.717) is 10.3 Å². The van der Waals surface area contributed by atoms with Gasteiger partial charge in [0, 0.05) is 11.1 Å². The molecule has 0 aliphatic rings. The summed E-state index contributed by atoms with van der Waals surface area (Å²) in [6, 6.07) is 1.75. The van der Waals surface area contributed by atoms with Gasteiger partial charge in [-0.15, -0.1) is 0 Å². The molecule has 0 saturated heterocycles. The molecule has 1 rings (SSSR count). The van der Waals surface area contributed by atoms with Crippen LogP contribution in [0.2, 0.25) is 0 Å². The molecule has 1 heterocycles. The minimum atomic E-state index is -1.10. The number of carbonyl (C=O) groups excluding carboxylic acids is 1. The highest BCUT2D eigenvalue weighted by Gasteiger charge is 2.13. The van der Waals surface area contributed by atoms with Crippen molar-refractivity contribution in [2.45, 2.75) is 20.8 Å². The van der Waals surface area contributed by atoms with Gasteiger partial charge in [-0.3, -0.25) is 4.79 Å². The fourth-order valence-corrected chi connectivity index (χ4v) is 1.40. The third-order valence-electron chi connectivity index (χ3n) is 2.50. The third-order valence-corrected chi connectivity index (χ3v) is 3.33. The zero-order valence-corrected chi connectivity index (χ0v) is 11.8. The largest absolute Gasteiger partial charge is 0.478 e. The summed E-state index contributed by atoms with van der Waals surface area (Å²) in [7, 11) is 0. The Morgan fingerprint density at radius 2 is 1.94 bits per heavy atom. The summed E-state index contributed by atoms with van der Waals surface area (Å²) >= 11 is 3.26. The molecular weight excluding hydrogens is 300 g/mol. The van der Waals surface area contributed by atoms with Crippen LogP contribution in [-0.4, -0.2) is 22.0 Å². The zero-order valence-electron chi connectivity index (χ0n) is 10.2. The first-order valence-corrected chi connectivity index (χ1v) is 5.96. The number of pyridine rings is 1. The number of rotatable bonds is 3. The normalized spacial score (nSPS) is 11.8. The van der Waals surface area contributed by atoms with Crippen LogP contribution < -0.4 is 5.32 Å². The predicted molar refractivity (Wildman–Crippen MR) is 71.3 cm³/mol. The van der Waals surface area contributed by atoms with E-state index < -0.39 is 11.9 Å². The van der Waals surface area contributed by atoms with Gasteiger partial charge in [-0.05, 0) is 48.3 Å². The molecule has 0 bridgehead atoms. The predicted octanol–water partition coefficient (Wildman–Crippen LogP) is 2.51. The first kappa shape index (κ1) is 14.4. The average Bonchev–Trinajstić information content (AvgIpc) is 2.31. The van der Waals surface area contributed by atoms with Crippen molar-refractivity contribution in [3.05, 3.63) is 33.6 Å². The van der Waals surface area contributed by atoms with E-state index in [1.807, 2.05) is 6.92 Å². The number of halogens is 1. The Kier molecular flexibility index (Phi) is 4.61. The number of aryl methyl sites for hydroxylation is 1. The molecule has 0 aliphatic heterocycles. The van der Waals surface area contributed by atoms with Crippen LogP contribution in [0, 0.1) is 6.92 Å². The molecule has 2 N–H and O–H groups in total. The number of hydrogen-bond acceptors (Lipinski definition) is 3. The standard InChI is InChI=1S/C12H13BrN2O3/c1-6-4-9(5-14-10(6)13)15-11(16)7(2)8(3)12(17)18/h4-5H,1-3H3,(H,15,16)(H,17,18). The first-order valence-electron chi connectivity index (χ1n) is 5.17. The molecule has 6 heteroatoms. The van der Waals surface area contributed by atoms with Crippen molar-refractivity contribution in [2.75, 3.05) is 5.32 Å².